The summed E-state index contributed by atoms with van der Waals surface area (Å²) in [5, 5.41) is 59.3. The zero-order valence-electron chi connectivity index (χ0n) is 14.1. The van der Waals surface area contributed by atoms with Crippen molar-refractivity contribution in [1.29, 1.82) is 0 Å². The van der Waals surface area contributed by atoms with Gasteiger partial charge in [0.15, 0.2) is 6.29 Å². The first kappa shape index (κ1) is 19.7. The Morgan fingerprint density at radius 3 is 2.21 bits per heavy atom. The lowest BCUT2D eigenvalue weighted by Crippen LogP contribution is -2.60. The van der Waals surface area contributed by atoms with Crippen LogP contribution in [0.15, 0.2) is 11.6 Å². The highest BCUT2D eigenvalue weighted by Gasteiger charge is 2.47. The van der Waals surface area contributed by atoms with Gasteiger partial charge in [0, 0.05) is 5.92 Å². The van der Waals surface area contributed by atoms with Crippen molar-refractivity contribution in [3.05, 3.63) is 11.6 Å². The number of ether oxygens (including phenoxy) is 2. The molecular weight excluding hydrogens is 320 g/mol. The van der Waals surface area contributed by atoms with E-state index in [-0.39, 0.29) is 5.92 Å². The highest BCUT2D eigenvalue weighted by molar-refractivity contribution is 5.17. The third kappa shape index (κ3) is 3.66. The Morgan fingerprint density at radius 2 is 1.67 bits per heavy atom. The molecule has 9 atom stereocenters. The summed E-state index contributed by atoms with van der Waals surface area (Å²) in [6, 6.07) is 0. The molecule has 0 saturated carbocycles. The van der Waals surface area contributed by atoms with Crippen molar-refractivity contribution in [2.75, 3.05) is 6.61 Å². The molecule has 2 rings (SSSR count). The molecule has 0 amide bonds. The Hall–Kier alpha value is -0.580. The molecule has 1 saturated heterocycles. The monoisotopic (exact) mass is 348 g/mol. The number of hydrogen-bond donors (Lipinski definition) is 6. The molecule has 0 aromatic heterocycles. The van der Waals surface area contributed by atoms with Crippen molar-refractivity contribution >= 4 is 0 Å². The SMILES string of the molecule is CC1=C[C@@H](O[C@@H]2O[C@H](CO)[C@@H](O)[C@H](O)[C@H]2O)[C@H](C(C)C)[C@@H](O)[C@H]1O. The first-order valence-electron chi connectivity index (χ1n) is 8.19. The normalized spacial score (nSPS) is 46.9. The lowest BCUT2D eigenvalue weighted by atomic mass is 9.77. The van der Waals surface area contributed by atoms with E-state index in [1.54, 1.807) is 13.0 Å². The molecular formula is C16H28O8. The van der Waals surface area contributed by atoms with Crippen molar-refractivity contribution in [2.45, 2.75) is 69.8 Å². The van der Waals surface area contributed by atoms with Gasteiger partial charge in [-0.1, -0.05) is 19.9 Å². The van der Waals surface area contributed by atoms with Gasteiger partial charge in [-0.2, -0.15) is 0 Å². The van der Waals surface area contributed by atoms with E-state index in [0.717, 1.165) is 0 Å². The predicted molar refractivity (Wildman–Crippen MR) is 82.7 cm³/mol. The summed E-state index contributed by atoms with van der Waals surface area (Å²) in [4.78, 5) is 0. The molecule has 0 aromatic carbocycles. The second-order valence-electron chi connectivity index (χ2n) is 6.97. The summed E-state index contributed by atoms with van der Waals surface area (Å²) >= 11 is 0. The highest BCUT2D eigenvalue weighted by Crippen LogP contribution is 2.34. The van der Waals surface area contributed by atoms with Crippen LogP contribution in [0.25, 0.3) is 0 Å². The summed E-state index contributed by atoms with van der Waals surface area (Å²) in [6.45, 7) is 4.87. The van der Waals surface area contributed by atoms with Gasteiger partial charge in [-0.3, -0.25) is 0 Å². The minimum atomic E-state index is -1.53. The molecule has 0 bridgehead atoms. The van der Waals surface area contributed by atoms with Gasteiger partial charge in [0.1, 0.15) is 30.5 Å². The summed E-state index contributed by atoms with van der Waals surface area (Å²) in [6.07, 6.45) is -7.86. The minimum Gasteiger partial charge on any atom is -0.394 e. The largest absolute Gasteiger partial charge is 0.394 e. The molecule has 1 aliphatic carbocycles. The molecule has 140 valence electrons. The van der Waals surface area contributed by atoms with Gasteiger partial charge in [0.2, 0.25) is 0 Å². The molecule has 1 fully saturated rings. The average Bonchev–Trinajstić information content (AvgIpc) is 2.52. The second-order valence-corrected chi connectivity index (χ2v) is 6.97. The van der Waals surface area contributed by atoms with Crippen LogP contribution in [-0.2, 0) is 9.47 Å². The maximum absolute atomic E-state index is 10.3. The molecule has 0 aromatic rings. The van der Waals surface area contributed by atoms with E-state index < -0.39 is 61.5 Å². The molecule has 0 unspecified atom stereocenters. The minimum absolute atomic E-state index is 0.0334. The Morgan fingerprint density at radius 1 is 1.04 bits per heavy atom. The smallest absolute Gasteiger partial charge is 0.187 e. The van der Waals surface area contributed by atoms with E-state index in [4.69, 9.17) is 9.47 Å². The first-order valence-corrected chi connectivity index (χ1v) is 8.19. The van der Waals surface area contributed by atoms with Crippen LogP contribution in [0.2, 0.25) is 0 Å². The lowest BCUT2D eigenvalue weighted by Gasteiger charge is -2.44. The number of hydrogen-bond acceptors (Lipinski definition) is 8. The van der Waals surface area contributed by atoms with Crippen molar-refractivity contribution in [3.63, 3.8) is 0 Å². The summed E-state index contributed by atoms with van der Waals surface area (Å²) in [5.74, 6) is -0.482. The van der Waals surface area contributed by atoms with Gasteiger partial charge in [-0.25, -0.2) is 0 Å². The van der Waals surface area contributed by atoms with E-state index in [9.17, 15) is 30.6 Å². The molecule has 0 spiro atoms. The van der Waals surface area contributed by atoms with Gasteiger partial charge < -0.3 is 40.1 Å². The Balaban J connectivity index is 2.20. The van der Waals surface area contributed by atoms with Crippen LogP contribution in [0, 0.1) is 11.8 Å². The number of aliphatic hydroxyl groups excluding tert-OH is 6. The van der Waals surface area contributed by atoms with Crippen LogP contribution in [-0.4, -0.2) is 86.3 Å². The molecule has 1 heterocycles. The van der Waals surface area contributed by atoms with Gasteiger partial charge >= 0.3 is 0 Å². The van der Waals surface area contributed by atoms with Crippen molar-refractivity contribution in [2.24, 2.45) is 11.8 Å². The van der Waals surface area contributed by atoms with Crippen LogP contribution in [0.3, 0.4) is 0 Å². The zero-order chi connectivity index (χ0) is 18.2. The molecule has 0 radical (unpaired) electrons. The number of rotatable bonds is 4. The van der Waals surface area contributed by atoms with E-state index >= 15 is 0 Å². The average molecular weight is 348 g/mol. The lowest BCUT2D eigenvalue weighted by molar-refractivity contribution is -0.314. The van der Waals surface area contributed by atoms with Gasteiger partial charge in [-0.05, 0) is 18.4 Å². The zero-order valence-corrected chi connectivity index (χ0v) is 14.1. The Bertz CT molecular complexity index is 451. The van der Waals surface area contributed by atoms with Crippen molar-refractivity contribution in [3.8, 4) is 0 Å². The van der Waals surface area contributed by atoms with Crippen LogP contribution in [0.1, 0.15) is 20.8 Å². The summed E-state index contributed by atoms with van der Waals surface area (Å²) in [7, 11) is 0. The summed E-state index contributed by atoms with van der Waals surface area (Å²) in [5.41, 5.74) is 0.536. The quantitative estimate of drug-likeness (QED) is 0.325. The fourth-order valence-corrected chi connectivity index (χ4v) is 3.38. The molecule has 8 nitrogen and oxygen atoms in total. The van der Waals surface area contributed by atoms with Crippen molar-refractivity contribution < 1.29 is 40.1 Å². The topological polar surface area (TPSA) is 140 Å². The molecule has 24 heavy (non-hydrogen) atoms. The van der Waals surface area contributed by atoms with E-state index in [0.29, 0.717) is 5.57 Å². The second kappa shape index (κ2) is 7.76. The van der Waals surface area contributed by atoms with E-state index in [1.807, 2.05) is 13.8 Å². The van der Waals surface area contributed by atoms with E-state index in [2.05, 4.69) is 0 Å². The first-order chi connectivity index (χ1) is 11.2. The Kier molecular flexibility index (Phi) is 6.38. The highest BCUT2D eigenvalue weighted by atomic mass is 16.7. The predicted octanol–water partition coefficient (Wildman–Crippen LogP) is -1.87. The fourth-order valence-electron chi connectivity index (χ4n) is 3.38. The molecule has 1 aliphatic heterocycles. The van der Waals surface area contributed by atoms with Crippen molar-refractivity contribution in [1.82, 2.24) is 0 Å². The van der Waals surface area contributed by atoms with Crippen LogP contribution < -0.4 is 0 Å². The third-order valence-electron chi connectivity index (χ3n) is 4.90. The number of aliphatic hydroxyl groups is 6. The van der Waals surface area contributed by atoms with E-state index in [1.165, 1.54) is 0 Å². The summed E-state index contributed by atoms with van der Waals surface area (Å²) < 4.78 is 11.1. The fraction of sp³-hybridized carbons (Fsp3) is 0.875. The van der Waals surface area contributed by atoms with Gasteiger partial charge in [0.05, 0.1) is 18.8 Å². The van der Waals surface area contributed by atoms with Crippen LogP contribution in [0.4, 0.5) is 0 Å². The maximum atomic E-state index is 10.3. The molecule has 8 heteroatoms. The standard InChI is InChI=1S/C16H28O8/c1-6(2)10-8(4-7(3)11(18)13(10)20)23-16-15(22)14(21)12(19)9(5-17)24-16/h4,6,8-22H,5H2,1-3H3/t8-,9-,10+,11+,12-,13-,14+,15-,16-/m1/s1. The Labute approximate surface area is 141 Å². The maximum Gasteiger partial charge on any atom is 0.187 e. The molecule has 2 aliphatic rings. The molecule has 6 N–H and O–H groups in total. The van der Waals surface area contributed by atoms with Gasteiger partial charge in [0.25, 0.3) is 0 Å². The van der Waals surface area contributed by atoms with Gasteiger partial charge in [-0.15, -0.1) is 0 Å². The van der Waals surface area contributed by atoms with Crippen LogP contribution >= 0.6 is 0 Å². The van der Waals surface area contributed by atoms with Crippen LogP contribution in [0.5, 0.6) is 0 Å². The third-order valence-corrected chi connectivity index (χ3v) is 4.90.